The number of nitrogens with one attached hydrogen (secondary N) is 1. The predicted molar refractivity (Wildman–Crippen MR) is 105 cm³/mol. The van der Waals surface area contributed by atoms with Crippen LogP contribution in [0.2, 0.25) is 0 Å². The van der Waals surface area contributed by atoms with Crippen LogP contribution in [0.5, 0.6) is 0 Å². The molecule has 166 valence electrons. The summed E-state index contributed by atoms with van der Waals surface area (Å²) in [5.74, 6) is 2.68. The van der Waals surface area contributed by atoms with Crippen molar-refractivity contribution in [1.29, 1.82) is 0 Å². The molecule has 0 aliphatic carbocycles. The first-order valence-electron chi connectivity index (χ1n) is 9.18. The minimum absolute atomic E-state index is 0.0666. The number of carbonyl (C=O) groups excluding carboxylic acids is 1. The summed E-state index contributed by atoms with van der Waals surface area (Å²) in [7, 11) is 0. The minimum Gasteiger partial charge on any atom is -0.300 e. The van der Waals surface area contributed by atoms with E-state index in [1.165, 1.54) is 0 Å². The zero-order valence-electron chi connectivity index (χ0n) is 16.0. The molecular weight excluding hydrogens is 444 g/mol. The van der Waals surface area contributed by atoms with Gasteiger partial charge in [-0.2, -0.15) is 26.3 Å². The van der Waals surface area contributed by atoms with Crippen LogP contribution >= 0.6 is 11.8 Å². The predicted octanol–water partition coefficient (Wildman–Crippen LogP) is 5.06. The molecule has 2 fully saturated rings. The number of terminal acetylenes is 1. The fourth-order valence-corrected chi connectivity index (χ4v) is 4.31. The highest BCUT2D eigenvalue weighted by molar-refractivity contribution is 8.18. The van der Waals surface area contributed by atoms with Crippen molar-refractivity contribution >= 4 is 22.8 Å². The quantitative estimate of drug-likeness (QED) is 0.506. The number of nitrogens with zero attached hydrogens (tertiary/aromatic N) is 2. The normalized spacial score (nSPS) is 22.0. The Bertz CT molecular complexity index is 975. The van der Waals surface area contributed by atoms with Gasteiger partial charge < -0.3 is 5.32 Å². The van der Waals surface area contributed by atoms with Crippen molar-refractivity contribution < 1.29 is 31.1 Å². The first kappa shape index (κ1) is 23.2. The number of amides is 1. The van der Waals surface area contributed by atoms with Crippen molar-refractivity contribution in [3.05, 3.63) is 45.4 Å². The van der Waals surface area contributed by atoms with Crippen LogP contribution < -0.4 is 5.32 Å². The van der Waals surface area contributed by atoms with Crippen LogP contribution in [0.15, 0.2) is 33.7 Å². The Morgan fingerprint density at radius 3 is 2.58 bits per heavy atom. The molecule has 1 aromatic carbocycles. The maximum absolute atomic E-state index is 13.4. The van der Waals surface area contributed by atoms with Gasteiger partial charge in [0.2, 0.25) is 0 Å². The van der Waals surface area contributed by atoms with Crippen LogP contribution in [0.25, 0.3) is 0 Å². The second-order valence-electron chi connectivity index (χ2n) is 7.00. The number of hydrogen-bond donors (Lipinski definition) is 1. The maximum Gasteiger partial charge on any atom is 0.416 e. The Balaban J connectivity index is 1.87. The number of likely N-dealkylation sites (tertiary alicyclic amines) is 1. The third-order valence-corrected chi connectivity index (χ3v) is 5.76. The number of carbonyl (C=O) groups is 1. The Morgan fingerprint density at radius 2 is 1.94 bits per heavy atom. The second kappa shape index (κ2) is 8.96. The van der Waals surface area contributed by atoms with Crippen molar-refractivity contribution in [2.45, 2.75) is 31.7 Å². The SMILES string of the molecule is C#CCN=C1NC(=O)SC1=C1CCCN(Cc2ccc(C(F)(F)F)cc2C(F)(F)F)C1. The summed E-state index contributed by atoms with van der Waals surface area (Å²) in [5.41, 5.74) is -2.05. The average Bonchev–Trinajstić information content (AvgIpc) is 3.06. The number of amidine groups is 1. The average molecular weight is 461 g/mol. The number of alkyl halides is 6. The van der Waals surface area contributed by atoms with E-state index < -0.39 is 23.5 Å². The molecule has 11 heteroatoms. The van der Waals surface area contributed by atoms with E-state index in [9.17, 15) is 31.1 Å². The van der Waals surface area contributed by atoms with Gasteiger partial charge in [0.1, 0.15) is 12.4 Å². The van der Waals surface area contributed by atoms with Gasteiger partial charge in [-0.05, 0) is 54.4 Å². The topological polar surface area (TPSA) is 44.7 Å². The van der Waals surface area contributed by atoms with E-state index in [4.69, 9.17) is 6.42 Å². The van der Waals surface area contributed by atoms with E-state index >= 15 is 0 Å². The number of benzene rings is 1. The van der Waals surface area contributed by atoms with E-state index in [0.717, 1.165) is 23.4 Å². The molecule has 0 unspecified atom stereocenters. The van der Waals surface area contributed by atoms with Crippen LogP contribution in [0, 0.1) is 12.3 Å². The fourth-order valence-electron chi connectivity index (χ4n) is 3.46. The summed E-state index contributed by atoms with van der Waals surface area (Å²) in [6, 6.07) is 1.69. The van der Waals surface area contributed by atoms with Crippen molar-refractivity contribution in [2.24, 2.45) is 4.99 Å². The lowest BCUT2D eigenvalue weighted by molar-refractivity contribution is -0.143. The van der Waals surface area contributed by atoms with Crippen molar-refractivity contribution in [3.63, 3.8) is 0 Å². The molecule has 0 saturated carbocycles. The van der Waals surface area contributed by atoms with Crippen LogP contribution in [0.3, 0.4) is 0 Å². The molecule has 2 saturated heterocycles. The van der Waals surface area contributed by atoms with Crippen LogP contribution in [-0.2, 0) is 18.9 Å². The summed E-state index contributed by atoms with van der Waals surface area (Å²) in [6.45, 7) is 0.631. The Kier molecular flexibility index (Phi) is 6.71. The highest BCUT2D eigenvalue weighted by atomic mass is 32.2. The van der Waals surface area contributed by atoms with Gasteiger partial charge in [-0.25, -0.2) is 0 Å². The highest BCUT2D eigenvalue weighted by Crippen LogP contribution is 2.38. The maximum atomic E-state index is 13.4. The molecule has 31 heavy (non-hydrogen) atoms. The molecule has 0 atom stereocenters. The Morgan fingerprint density at radius 1 is 1.19 bits per heavy atom. The molecule has 1 N–H and O–H groups in total. The lowest BCUT2D eigenvalue weighted by Crippen LogP contribution is -2.33. The van der Waals surface area contributed by atoms with Gasteiger partial charge in [0.15, 0.2) is 0 Å². The molecule has 2 aliphatic heterocycles. The van der Waals surface area contributed by atoms with E-state index in [2.05, 4.69) is 16.2 Å². The van der Waals surface area contributed by atoms with Gasteiger partial charge in [0.05, 0.1) is 16.0 Å². The van der Waals surface area contributed by atoms with E-state index in [1.54, 1.807) is 4.90 Å². The van der Waals surface area contributed by atoms with E-state index in [1.807, 2.05) is 0 Å². The van der Waals surface area contributed by atoms with Crippen molar-refractivity contribution in [3.8, 4) is 12.3 Å². The zero-order chi connectivity index (χ0) is 22.8. The van der Waals surface area contributed by atoms with Crippen molar-refractivity contribution in [1.82, 2.24) is 10.2 Å². The molecule has 1 amide bonds. The molecule has 0 spiro atoms. The molecular formula is C20H17F6N3OS. The number of rotatable bonds is 3. The summed E-state index contributed by atoms with van der Waals surface area (Å²) in [6.07, 6.45) is -3.34. The van der Waals surface area contributed by atoms with Gasteiger partial charge in [-0.3, -0.25) is 14.7 Å². The third kappa shape index (κ3) is 5.62. The number of halogens is 6. The van der Waals surface area contributed by atoms with E-state index in [-0.39, 0.29) is 36.5 Å². The van der Waals surface area contributed by atoms with Crippen LogP contribution in [0.4, 0.5) is 31.1 Å². The highest BCUT2D eigenvalue weighted by Gasteiger charge is 2.38. The molecule has 0 aromatic heterocycles. The van der Waals surface area contributed by atoms with Crippen LogP contribution in [-0.4, -0.2) is 35.6 Å². The second-order valence-corrected chi connectivity index (χ2v) is 7.98. The van der Waals surface area contributed by atoms with Gasteiger partial charge in [0.25, 0.3) is 5.24 Å². The lowest BCUT2D eigenvalue weighted by Gasteiger charge is -2.30. The fraction of sp³-hybridized carbons (Fsp3) is 0.400. The Hall–Kier alpha value is -2.45. The van der Waals surface area contributed by atoms with Crippen LogP contribution in [0.1, 0.15) is 29.5 Å². The van der Waals surface area contributed by atoms with Crippen molar-refractivity contribution in [2.75, 3.05) is 19.6 Å². The summed E-state index contributed by atoms with van der Waals surface area (Å²) in [5, 5.41) is 2.27. The monoisotopic (exact) mass is 461 g/mol. The molecule has 3 rings (SSSR count). The first-order chi connectivity index (χ1) is 14.5. The van der Waals surface area contributed by atoms with Gasteiger partial charge in [-0.15, -0.1) is 6.42 Å². The third-order valence-electron chi connectivity index (χ3n) is 4.78. The number of piperidine rings is 1. The van der Waals surface area contributed by atoms with E-state index in [0.29, 0.717) is 36.2 Å². The Labute approximate surface area is 178 Å². The molecule has 0 radical (unpaired) electrons. The summed E-state index contributed by atoms with van der Waals surface area (Å²) in [4.78, 5) is 18.2. The molecule has 2 aliphatic rings. The smallest absolute Gasteiger partial charge is 0.300 e. The van der Waals surface area contributed by atoms with Gasteiger partial charge in [-0.1, -0.05) is 12.0 Å². The molecule has 0 bridgehead atoms. The number of thioether (sulfide) groups is 1. The largest absolute Gasteiger partial charge is 0.416 e. The molecule has 2 heterocycles. The standard InChI is InChI=1S/C20H17F6N3OS/c1-2-7-27-17-16(31-18(30)28-17)13-4-3-8-29(11-13)10-12-5-6-14(19(21,22)23)9-15(12)20(24,25)26/h1,5-6,9H,3-4,7-8,10-11H2,(H,27,28,30). The summed E-state index contributed by atoms with van der Waals surface area (Å²) >= 11 is 0.950. The zero-order valence-corrected chi connectivity index (χ0v) is 16.8. The minimum atomic E-state index is -4.92. The number of aliphatic imine (C=N–C) groups is 1. The summed E-state index contributed by atoms with van der Waals surface area (Å²) < 4.78 is 78.9. The number of hydrogen-bond acceptors (Lipinski definition) is 4. The molecule has 4 nitrogen and oxygen atoms in total. The first-order valence-corrected chi connectivity index (χ1v) is 9.99. The lowest BCUT2D eigenvalue weighted by atomic mass is 9.99. The molecule has 1 aromatic rings. The van der Waals surface area contributed by atoms with Gasteiger partial charge in [0, 0.05) is 13.1 Å². The van der Waals surface area contributed by atoms with Gasteiger partial charge >= 0.3 is 12.4 Å².